The Kier molecular flexibility index (Phi) is 5.61. The summed E-state index contributed by atoms with van der Waals surface area (Å²) in [6.07, 6.45) is 3.34. The Labute approximate surface area is 116 Å². The monoisotopic (exact) mass is 263 g/mol. The van der Waals surface area contributed by atoms with Crippen LogP contribution in [0.4, 0.5) is 5.82 Å². The van der Waals surface area contributed by atoms with Gasteiger partial charge < -0.3 is 15.0 Å². The van der Waals surface area contributed by atoms with E-state index in [2.05, 4.69) is 42.4 Å². The van der Waals surface area contributed by atoms with Gasteiger partial charge in [-0.2, -0.15) is 0 Å². The van der Waals surface area contributed by atoms with Crippen LogP contribution < -0.4 is 10.2 Å². The van der Waals surface area contributed by atoms with Gasteiger partial charge in [0.2, 0.25) is 0 Å². The van der Waals surface area contributed by atoms with Crippen molar-refractivity contribution in [1.29, 1.82) is 0 Å². The molecule has 0 saturated carbocycles. The Balaban J connectivity index is 1.96. The van der Waals surface area contributed by atoms with Gasteiger partial charge in [-0.15, -0.1) is 0 Å². The van der Waals surface area contributed by atoms with Gasteiger partial charge in [-0.05, 0) is 37.9 Å². The molecule has 2 heterocycles. The molecule has 0 spiro atoms. The first-order chi connectivity index (χ1) is 9.31. The number of rotatable bonds is 6. The molecule has 1 aliphatic heterocycles. The van der Waals surface area contributed by atoms with E-state index in [9.17, 15) is 0 Å². The lowest BCUT2D eigenvalue weighted by molar-refractivity contribution is 0.0853. The average molecular weight is 263 g/mol. The van der Waals surface area contributed by atoms with Gasteiger partial charge in [0.1, 0.15) is 5.82 Å². The topological polar surface area (TPSA) is 37.4 Å². The Bertz CT molecular complexity index is 377. The molecule has 4 heteroatoms. The van der Waals surface area contributed by atoms with E-state index in [-0.39, 0.29) is 0 Å². The van der Waals surface area contributed by atoms with E-state index in [0.29, 0.717) is 6.04 Å². The minimum atomic E-state index is 0.556. The molecule has 0 bridgehead atoms. The molecule has 0 aliphatic carbocycles. The number of nitrogens with zero attached hydrogens (tertiary/aromatic N) is 2. The lowest BCUT2D eigenvalue weighted by Crippen LogP contribution is -2.37. The van der Waals surface area contributed by atoms with Crippen LogP contribution in [-0.2, 0) is 11.3 Å². The minimum Gasteiger partial charge on any atom is -0.381 e. The minimum absolute atomic E-state index is 0.556. The van der Waals surface area contributed by atoms with E-state index >= 15 is 0 Å². The van der Waals surface area contributed by atoms with Crippen LogP contribution in [-0.4, -0.2) is 37.8 Å². The fourth-order valence-electron chi connectivity index (χ4n) is 2.41. The molecule has 2 rings (SSSR count). The van der Waals surface area contributed by atoms with E-state index in [4.69, 9.17) is 9.72 Å². The molecular weight excluding hydrogens is 238 g/mol. The summed E-state index contributed by atoms with van der Waals surface area (Å²) in [6, 6.07) is 6.84. The molecule has 19 heavy (non-hydrogen) atoms. The van der Waals surface area contributed by atoms with E-state index in [1.165, 1.54) is 0 Å². The van der Waals surface area contributed by atoms with Crippen molar-refractivity contribution in [2.24, 2.45) is 0 Å². The normalized spacial score (nSPS) is 16.5. The number of ether oxygens (including phenoxy) is 1. The highest BCUT2D eigenvalue weighted by molar-refractivity contribution is 5.39. The maximum Gasteiger partial charge on any atom is 0.128 e. The number of anilines is 1. The highest BCUT2D eigenvalue weighted by Gasteiger charge is 2.19. The first-order valence-corrected chi connectivity index (χ1v) is 7.28. The zero-order valence-electron chi connectivity index (χ0n) is 12.1. The second kappa shape index (κ2) is 7.46. The quantitative estimate of drug-likeness (QED) is 0.798. The van der Waals surface area contributed by atoms with E-state index < -0.39 is 0 Å². The average Bonchev–Trinajstić information content (AvgIpc) is 2.48. The molecule has 1 aliphatic rings. The zero-order valence-corrected chi connectivity index (χ0v) is 12.1. The van der Waals surface area contributed by atoms with Gasteiger partial charge in [0.15, 0.2) is 0 Å². The largest absolute Gasteiger partial charge is 0.381 e. The third-order valence-electron chi connectivity index (χ3n) is 3.62. The molecule has 1 saturated heterocycles. The zero-order chi connectivity index (χ0) is 13.5. The van der Waals surface area contributed by atoms with Crippen molar-refractivity contribution in [3.8, 4) is 0 Å². The molecule has 1 aromatic rings. The molecule has 4 nitrogen and oxygen atoms in total. The summed E-state index contributed by atoms with van der Waals surface area (Å²) in [4.78, 5) is 7.04. The van der Waals surface area contributed by atoms with Crippen LogP contribution in [0.5, 0.6) is 0 Å². The highest BCUT2D eigenvalue weighted by Crippen LogP contribution is 2.19. The van der Waals surface area contributed by atoms with E-state index in [1.807, 2.05) is 0 Å². The van der Waals surface area contributed by atoms with Gasteiger partial charge in [0, 0.05) is 32.8 Å². The van der Waals surface area contributed by atoms with Crippen LogP contribution in [0.1, 0.15) is 31.9 Å². The maximum atomic E-state index is 5.42. The van der Waals surface area contributed by atoms with Crippen LogP contribution >= 0.6 is 0 Å². The van der Waals surface area contributed by atoms with Gasteiger partial charge in [-0.1, -0.05) is 13.0 Å². The van der Waals surface area contributed by atoms with Crippen LogP contribution in [0.15, 0.2) is 18.2 Å². The predicted octanol–water partition coefficient (Wildman–Crippen LogP) is 2.20. The Morgan fingerprint density at radius 1 is 1.37 bits per heavy atom. The Morgan fingerprint density at radius 3 is 2.89 bits per heavy atom. The fourth-order valence-corrected chi connectivity index (χ4v) is 2.41. The Hall–Kier alpha value is -1.13. The molecule has 0 aromatic carbocycles. The van der Waals surface area contributed by atoms with Crippen molar-refractivity contribution < 1.29 is 4.74 Å². The first-order valence-electron chi connectivity index (χ1n) is 7.28. The molecule has 0 atom stereocenters. The summed E-state index contributed by atoms with van der Waals surface area (Å²) in [5.41, 5.74) is 1.12. The third-order valence-corrected chi connectivity index (χ3v) is 3.62. The molecule has 106 valence electrons. The smallest absolute Gasteiger partial charge is 0.128 e. The molecular formula is C15H25N3O. The van der Waals surface area contributed by atoms with Crippen LogP contribution in [0, 0.1) is 0 Å². The van der Waals surface area contributed by atoms with Gasteiger partial charge in [-0.25, -0.2) is 4.98 Å². The van der Waals surface area contributed by atoms with E-state index in [0.717, 1.165) is 57.1 Å². The van der Waals surface area contributed by atoms with Crippen molar-refractivity contribution in [3.05, 3.63) is 23.9 Å². The molecule has 0 unspecified atom stereocenters. The first kappa shape index (κ1) is 14.3. The lowest BCUT2D eigenvalue weighted by atomic mass is 10.1. The van der Waals surface area contributed by atoms with Crippen LogP contribution in [0.2, 0.25) is 0 Å². The maximum absolute atomic E-state index is 5.42. The molecule has 1 aromatic heterocycles. The fraction of sp³-hybridized carbons (Fsp3) is 0.667. The van der Waals surface area contributed by atoms with Crippen molar-refractivity contribution in [1.82, 2.24) is 10.3 Å². The highest BCUT2D eigenvalue weighted by atomic mass is 16.5. The summed E-state index contributed by atoms with van der Waals surface area (Å²) in [5, 5.41) is 3.40. The molecule has 0 amide bonds. The van der Waals surface area contributed by atoms with Gasteiger partial charge in [0.05, 0.1) is 5.69 Å². The summed E-state index contributed by atoms with van der Waals surface area (Å²) < 4.78 is 5.42. The molecule has 1 fully saturated rings. The second-order valence-electron chi connectivity index (χ2n) is 5.12. The van der Waals surface area contributed by atoms with Crippen molar-refractivity contribution in [3.63, 3.8) is 0 Å². The van der Waals surface area contributed by atoms with Crippen molar-refractivity contribution in [2.75, 3.05) is 31.7 Å². The second-order valence-corrected chi connectivity index (χ2v) is 5.12. The summed E-state index contributed by atoms with van der Waals surface area (Å²) in [5.74, 6) is 1.07. The molecule has 1 N–H and O–H groups in total. The number of hydrogen-bond donors (Lipinski definition) is 1. The van der Waals surface area contributed by atoms with Gasteiger partial charge in [-0.3, -0.25) is 0 Å². The Morgan fingerprint density at radius 2 is 2.16 bits per heavy atom. The van der Waals surface area contributed by atoms with Gasteiger partial charge >= 0.3 is 0 Å². The lowest BCUT2D eigenvalue weighted by Gasteiger charge is -2.32. The van der Waals surface area contributed by atoms with Crippen LogP contribution in [0.3, 0.4) is 0 Å². The SMILES string of the molecule is CCCNCc1cccc(N(C)C2CCOCC2)n1. The number of pyridine rings is 1. The van der Waals surface area contributed by atoms with Crippen molar-refractivity contribution in [2.45, 2.75) is 38.8 Å². The summed E-state index contributed by atoms with van der Waals surface area (Å²) >= 11 is 0. The van der Waals surface area contributed by atoms with Gasteiger partial charge in [0.25, 0.3) is 0 Å². The number of hydrogen-bond acceptors (Lipinski definition) is 4. The third kappa shape index (κ3) is 4.18. The standard InChI is InChI=1S/C15H25N3O/c1-3-9-16-12-13-5-4-6-15(17-13)18(2)14-7-10-19-11-8-14/h4-6,14,16H,3,7-12H2,1-2H3. The number of nitrogens with one attached hydrogen (secondary N) is 1. The predicted molar refractivity (Wildman–Crippen MR) is 78.5 cm³/mol. The van der Waals surface area contributed by atoms with E-state index in [1.54, 1.807) is 0 Å². The van der Waals surface area contributed by atoms with Crippen LogP contribution in [0.25, 0.3) is 0 Å². The summed E-state index contributed by atoms with van der Waals surface area (Å²) in [6.45, 7) is 5.81. The molecule has 0 radical (unpaired) electrons. The summed E-state index contributed by atoms with van der Waals surface area (Å²) in [7, 11) is 2.14. The van der Waals surface area contributed by atoms with Crippen molar-refractivity contribution >= 4 is 5.82 Å². The number of aromatic nitrogens is 1.